The first-order valence-electron chi connectivity index (χ1n) is 13.5. The third-order valence-corrected chi connectivity index (χ3v) is 7.87. The molecular formula is C35H20N6. The van der Waals surface area contributed by atoms with Crippen LogP contribution in [0.5, 0.6) is 0 Å². The fraction of sp³-hybridized carbons (Fsp3) is 0. The third-order valence-electron chi connectivity index (χ3n) is 7.87. The molecule has 6 aromatic heterocycles. The Labute approximate surface area is 233 Å². The standard InChI is InChI=1S/C35H20N6/c1-6-30-26-15-12-25(27-16-13-23-10-8-21-4-2-18-36-32(21)34(23)38-27)20-29(26)40-41(30)31(7-1)28-17-14-24-11-9-22-5-3-19-37-33(22)35(24)39-28/h1-20H. The SMILES string of the molecule is c1cnc2c(c1)ccc1ccc(-c3ccc4c(c3)nn3c(-c5ccc6ccc7cccnc7c6n5)cccc43)nc12. The van der Waals surface area contributed by atoms with Crippen LogP contribution in [0.2, 0.25) is 0 Å². The highest BCUT2D eigenvalue weighted by atomic mass is 15.2. The normalized spacial score (nSPS) is 11.9. The minimum absolute atomic E-state index is 0.852. The number of hydrogen-bond donors (Lipinski definition) is 0. The molecule has 41 heavy (non-hydrogen) atoms. The zero-order valence-electron chi connectivity index (χ0n) is 21.7. The highest BCUT2D eigenvalue weighted by Gasteiger charge is 2.14. The van der Waals surface area contributed by atoms with Gasteiger partial charge in [-0.2, -0.15) is 5.10 Å². The Balaban J connectivity index is 1.21. The summed E-state index contributed by atoms with van der Waals surface area (Å²) in [6.07, 6.45) is 3.64. The van der Waals surface area contributed by atoms with Gasteiger partial charge < -0.3 is 0 Å². The zero-order chi connectivity index (χ0) is 26.9. The van der Waals surface area contributed by atoms with E-state index >= 15 is 0 Å². The first-order chi connectivity index (χ1) is 20.3. The Morgan fingerprint density at radius 2 is 1.10 bits per heavy atom. The van der Waals surface area contributed by atoms with Gasteiger partial charge in [-0.15, -0.1) is 0 Å². The van der Waals surface area contributed by atoms with Crippen molar-refractivity contribution >= 4 is 60.0 Å². The molecule has 6 nitrogen and oxygen atoms in total. The van der Waals surface area contributed by atoms with Crippen molar-refractivity contribution in [3.63, 3.8) is 0 Å². The second-order valence-corrected chi connectivity index (χ2v) is 10.3. The summed E-state index contributed by atoms with van der Waals surface area (Å²) in [7, 11) is 0. The molecule has 0 fully saturated rings. The summed E-state index contributed by atoms with van der Waals surface area (Å²) in [6.45, 7) is 0. The monoisotopic (exact) mass is 524 g/mol. The molecule has 0 bridgehead atoms. The van der Waals surface area contributed by atoms with Crippen LogP contribution in [-0.4, -0.2) is 29.5 Å². The molecule has 0 spiro atoms. The maximum atomic E-state index is 5.07. The average Bonchev–Trinajstić information content (AvgIpc) is 3.42. The molecule has 0 aliphatic heterocycles. The van der Waals surface area contributed by atoms with E-state index in [0.717, 1.165) is 82.7 Å². The van der Waals surface area contributed by atoms with Gasteiger partial charge in [-0.05, 0) is 48.5 Å². The minimum Gasteiger partial charge on any atom is -0.254 e. The molecule has 190 valence electrons. The Bertz CT molecular complexity index is 2490. The first kappa shape index (κ1) is 22.1. The number of pyridine rings is 5. The largest absolute Gasteiger partial charge is 0.254 e. The molecule has 0 aliphatic carbocycles. The molecule has 0 atom stereocenters. The molecule has 9 rings (SSSR count). The van der Waals surface area contributed by atoms with Crippen molar-refractivity contribution in [1.29, 1.82) is 0 Å². The van der Waals surface area contributed by atoms with Crippen LogP contribution in [-0.2, 0) is 0 Å². The number of benzene rings is 3. The molecule has 0 saturated heterocycles. The maximum absolute atomic E-state index is 5.07. The molecule has 0 N–H and O–H groups in total. The summed E-state index contributed by atoms with van der Waals surface area (Å²) in [5.74, 6) is 0. The molecule has 9 aromatic rings. The maximum Gasteiger partial charge on any atom is 0.0972 e. The van der Waals surface area contributed by atoms with Gasteiger partial charge in [0.2, 0.25) is 0 Å². The Hall–Kier alpha value is -5.75. The predicted molar refractivity (Wildman–Crippen MR) is 165 cm³/mol. The quantitative estimate of drug-likeness (QED) is 0.214. The number of hydrogen-bond acceptors (Lipinski definition) is 5. The lowest BCUT2D eigenvalue weighted by Crippen LogP contribution is -1.96. The van der Waals surface area contributed by atoms with Gasteiger partial charge in [0.15, 0.2) is 0 Å². The van der Waals surface area contributed by atoms with Gasteiger partial charge in [-0.3, -0.25) is 9.97 Å². The Morgan fingerprint density at radius 1 is 0.488 bits per heavy atom. The number of rotatable bonds is 2. The predicted octanol–water partition coefficient (Wildman–Crippen LogP) is 8.01. The van der Waals surface area contributed by atoms with E-state index in [-0.39, 0.29) is 0 Å². The summed E-state index contributed by atoms with van der Waals surface area (Å²) in [6, 6.07) is 37.4. The molecule has 6 heterocycles. The molecule has 0 unspecified atom stereocenters. The summed E-state index contributed by atoms with van der Waals surface area (Å²) in [5.41, 5.74) is 9.23. The van der Waals surface area contributed by atoms with E-state index in [2.05, 4.69) is 107 Å². The van der Waals surface area contributed by atoms with Gasteiger partial charge in [0.25, 0.3) is 0 Å². The molecular weight excluding hydrogens is 504 g/mol. The lowest BCUT2D eigenvalue weighted by Gasteiger charge is -2.07. The van der Waals surface area contributed by atoms with E-state index in [1.54, 1.807) is 0 Å². The smallest absolute Gasteiger partial charge is 0.0972 e. The fourth-order valence-electron chi connectivity index (χ4n) is 5.86. The second kappa shape index (κ2) is 8.37. The number of nitrogens with zero attached hydrogens (tertiary/aromatic N) is 6. The van der Waals surface area contributed by atoms with E-state index in [0.29, 0.717) is 0 Å². The van der Waals surface area contributed by atoms with E-state index in [4.69, 9.17) is 15.1 Å². The molecule has 0 amide bonds. The van der Waals surface area contributed by atoms with Gasteiger partial charge in [-0.25, -0.2) is 14.5 Å². The molecule has 0 saturated carbocycles. The van der Waals surface area contributed by atoms with Gasteiger partial charge >= 0.3 is 0 Å². The number of fused-ring (bicyclic) bond motifs is 9. The van der Waals surface area contributed by atoms with E-state index < -0.39 is 0 Å². The molecule has 0 radical (unpaired) electrons. The van der Waals surface area contributed by atoms with Gasteiger partial charge in [0.1, 0.15) is 0 Å². The summed E-state index contributed by atoms with van der Waals surface area (Å²) >= 11 is 0. The van der Waals surface area contributed by atoms with Crippen LogP contribution in [0.4, 0.5) is 0 Å². The van der Waals surface area contributed by atoms with Crippen molar-refractivity contribution in [2.75, 3.05) is 0 Å². The van der Waals surface area contributed by atoms with Crippen LogP contribution < -0.4 is 0 Å². The topological polar surface area (TPSA) is 68.9 Å². The van der Waals surface area contributed by atoms with Crippen LogP contribution in [0.15, 0.2) is 122 Å². The van der Waals surface area contributed by atoms with Gasteiger partial charge in [-0.1, -0.05) is 60.7 Å². The Morgan fingerprint density at radius 3 is 1.80 bits per heavy atom. The highest BCUT2D eigenvalue weighted by molar-refractivity contribution is 6.05. The zero-order valence-corrected chi connectivity index (χ0v) is 21.7. The Kier molecular flexibility index (Phi) is 4.51. The van der Waals surface area contributed by atoms with Crippen molar-refractivity contribution in [3.8, 4) is 22.6 Å². The van der Waals surface area contributed by atoms with Crippen molar-refractivity contribution in [1.82, 2.24) is 29.5 Å². The van der Waals surface area contributed by atoms with Crippen LogP contribution in [0.25, 0.3) is 82.7 Å². The van der Waals surface area contributed by atoms with E-state index in [1.165, 1.54) is 0 Å². The molecule has 0 aliphatic rings. The lowest BCUT2D eigenvalue weighted by molar-refractivity contribution is 0.984. The van der Waals surface area contributed by atoms with Crippen LogP contribution >= 0.6 is 0 Å². The highest BCUT2D eigenvalue weighted by Crippen LogP contribution is 2.32. The third kappa shape index (κ3) is 3.34. The van der Waals surface area contributed by atoms with Crippen LogP contribution in [0.1, 0.15) is 0 Å². The summed E-state index contributed by atoms with van der Waals surface area (Å²) in [4.78, 5) is 19.3. The summed E-state index contributed by atoms with van der Waals surface area (Å²) in [5, 5.41) is 10.4. The second-order valence-electron chi connectivity index (χ2n) is 10.3. The molecule has 6 heteroatoms. The fourth-order valence-corrected chi connectivity index (χ4v) is 5.86. The van der Waals surface area contributed by atoms with Crippen molar-refractivity contribution in [2.24, 2.45) is 0 Å². The van der Waals surface area contributed by atoms with Crippen molar-refractivity contribution < 1.29 is 0 Å². The average molecular weight is 525 g/mol. The number of aromatic nitrogens is 6. The lowest BCUT2D eigenvalue weighted by atomic mass is 10.1. The van der Waals surface area contributed by atoms with Crippen molar-refractivity contribution in [3.05, 3.63) is 122 Å². The van der Waals surface area contributed by atoms with E-state index in [1.807, 2.05) is 29.0 Å². The van der Waals surface area contributed by atoms with Crippen molar-refractivity contribution in [2.45, 2.75) is 0 Å². The first-order valence-corrected chi connectivity index (χ1v) is 13.5. The minimum atomic E-state index is 0.852. The molecule has 3 aromatic carbocycles. The van der Waals surface area contributed by atoms with Crippen LogP contribution in [0.3, 0.4) is 0 Å². The van der Waals surface area contributed by atoms with E-state index in [9.17, 15) is 0 Å². The van der Waals surface area contributed by atoms with Gasteiger partial charge in [0.05, 0.1) is 50.2 Å². The van der Waals surface area contributed by atoms with Gasteiger partial charge in [0, 0.05) is 44.9 Å². The summed E-state index contributed by atoms with van der Waals surface area (Å²) < 4.78 is 1.99. The van der Waals surface area contributed by atoms with Crippen LogP contribution in [0, 0.1) is 0 Å².